The molecule has 0 spiro atoms. The van der Waals surface area contributed by atoms with E-state index in [4.69, 9.17) is 27.6 Å². The van der Waals surface area contributed by atoms with Gasteiger partial charge in [-0.25, -0.2) is 9.37 Å². The molecule has 1 aromatic heterocycles. The normalized spacial score (nSPS) is 12.2. The Kier molecular flexibility index (Phi) is 6.44. The lowest BCUT2D eigenvalue weighted by molar-refractivity contribution is -0.137. The monoisotopic (exact) mass is 484 g/mol. The van der Waals surface area contributed by atoms with Crippen molar-refractivity contribution in [3.63, 3.8) is 0 Å². The van der Waals surface area contributed by atoms with Gasteiger partial charge in [-0.15, -0.1) is 0 Å². The maximum atomic E-state index is 14.7. The Bertz CT molecular complexity index is 1400. The average Bonchev–Trinajstić information content (AvgIpc) is 3.24. The first-order chi connectivity index (χ1) is 15.8. The summed E-state index contributed by atoms with van der Waals surface area (Å²) in [6.07, 6.45) is 3.99. The molecule has 166 valence electrons. The summed E-state index contributed by atoms with van der Waals surface area (Å²) in [5.74, 6) is -3.62. The SMILES string of the molecule is O=C(C=Cc1ccc(Cl)c(Cl)c1)Nc1ccc(C(C(=O)O)c2ccc3ocnc3c2)cc1F. The highest BCUT2D eigenvalue weighted by molar-refractivity contribution is 6.42. The largest absolute Gasteiger partial charge is 0.481 e. The van der Waals surface area contributed by atoms with Crippen molar-refractivity contribution < 1.29 is 23.5 Å². The zero-order chi connectivity index (χ0) is 23.5. The molecule has 6 nitrogen and oxygen atoms in total. The number of fused-ring (bicyclic) bond motifs is 1. The van der Waals surface area contributed by atoms with E-state index in [2.05, 4.69) is 10.3 Å². The van der Waals surface area contributed by atoms with Gasteiger partial charge in [0, 0.05) is 6.08 Å². The quantitative estimate of drug-likeness (QED) is 0.320. The fourth-order valence-corrected chi connectivity index (χ4v) is 3.61. The molecule has 0 fully saturated rings. The van der Waals surface area contributed by atoms with Gasteiger partial charge < -0.3 is 14.8 Å². The van der Waals surface area contributed by atoms with E-state index >= 15 is 0 Å². The van der Waals surface area contributed by atoms with Crippen LogP contribution in [-0.2, 0) is 9.59 Å². The maximum Gasteiger partial charge on any atom is 0.315 e. The summed E-state index contributed by atoms with van der Waals surface area (Å²) < 4.78 is 19.9. The third-order valence-corrected chi connectivity index (χ3v) is 5.63. The summed E-state index contributed by atoms with van der Waals surface area (Å²) in [6, 6.07) is 13.5. The molecule has 3 aromatic carbocycles. The molecular weight excluding hydrogens is 470 g/mol. The number of carboxylic acids is 1. The van der Waals surface area contributed by atoms with Crippen molar-refractivity contribution in [2.24, 2.45) is 0 Å². The molecule has 4 rings (SSSR count). The van der Waals surface area contributed by atoms with Crippen LogP contribution in [-0.4, -0.2) is 22.0 Å². The van der Waals surface area contributed by atoms with Crippen molar-refractivity contribution in [2.45, 2.75) is 5.92 Å². The van der Waals surface area contributed by atoms with Crippen LogP contribution in [0.1, 0.15) is 22.6 Å². The highest BCUT2D eigenvalue weighted by atomic mass is 35.5. The van der Waals surface area contributed by atoms with Gasteiger partial charge in [0.2, 0.25) is 5.91 Å². The standard InChI is InChI=1S/C24H15Cl2FN2O4/c25-16-5-1-13(9-17(16)26)2-8-22(30)29-19-6-3-14(10-18(19)27)23(24(31)32)15-4-7-21-20(11-15)28-12-33-21/h1-12,23H,(H,29,30)(H,31,32). The molecule has 0 radical (unpaired) electrons. The highest BCUT2D eigenvalue weighted by Gasteiger charge is 2.24. The van der Waals surface area contributed by atoms with Gasteiger partial charge in [0.25, 0.3) is 0 Å². The Morgan fingerprint density at radius 2 is 1.79 bits per heavy atom. The van der Waals surface area contributed by atoms with Crippen LogP contribution in [0.3, 0.4) is 0 Å². The molecule has 0 saturated heterocycles. The van der Waals surface area contributed by atoms with E-state index in [-0.39, 0.29) is 11.3 Å². The summed E-state index contributed by atoms with van der Waals surface area (Å²) in [4.78, 5) is 28.2. The van der Waals surface area contributed by atoms with Crippen LogP contribution in [0.4, 0.5) is 10.1 Å². The van der Waals surface area contributed by atoms with Gasteiger partial charge in [0.1, 0.15) is 17.3 Å². The summed E-state index contributed by atoms with van der Waals surface area (Å²) in [6.45, 7) is 0. The van der Waals surface area contributed by atoms with Crippen molar-refractivity contribution in [2.75, 3.05) is 5.32 Å². The second-order valence-corrected chi connectivity index (χ2v) is 7.90. The molecule has 1 amide bonds. The number of halogens is 3. The third-order valence-electron chi connectivity index (χ3n) is 4.89. The Balaban J connectivity index is 1.53. The summed E-state index contributed by atoms with van der Waals surface area (Å²) >= 11 is 11.8. The number of carbonyl (C=O) groups excluding carboxylic acids is 1. The van der Waals surface area contributed by atoms with Crippen LogP contribution in [0.15, 0.2) is 71.5 Å². The number of hydrogen-bond acceptors (Lipinski definition) is 4. The van der Waals surface area contributed by atoms with Gasteiger partial charge in [0.15, 0.2) is 12.0 Å². The van der Waals surface area contributed by atoms with E-state index in [1.807, 2.05) is 0 Å². The molecule has 33 heavy (non-hydrogen) atoms. The first kappa shape index (κ1) is 22.5. The van der Waals surface area contributed by atoms with Crippen LogP contribution < -0.4 is 5.32 Å². The number of rotatable bonds is 6. The van der Waals surface area contributed by atoms with Gasteiger partial charge in [-0.05, 0) is 59.2 Å². The number of carboxylic acid groups (broad SMARTS) is 1. The Morgan fingerprint density at radius 3 is 2.52 bits per heavy atom. The van der Waals surface area contributed by atoms with Crippen LogP contribution >= 0.6 is 23.2 Å². The molecular formula is C24H15Cl2FN2O4. The van der Waals surface area contributed by atoms with Gasteiger partial charge in [-0.2, -0.15) is 0 Å². The molecule has 1 heterocycles. The van der Waals surface area contributed by atoms with Crippen LogP contribution in [0.5, 0.6) is 0 Å². The second-order valence-electron chi connectivity index (χ2n) is 7.09. The van der Waals surface area contributed by atoms with Gasteiger partial charge >= 0.3 is 5.97 Å². The number of amides is 1. The van der Waals surface area contributed by atoms with E-state index in [0.29, 0.717) is 32.3 Å². The summed E-state index contributed by atoms with van der Waals surface area (Å²) in [5, 5.41) is 12.9. The zero-order valence-electron chi connectivity index (χ0n) is 16.8. The van der Waals surface area contributed by atoms with E-state index < -0.39 is 23.6 Å². The van der Waals surface area contributed by atoms with Crippen molar-refractivity contribution in [1.29, 1.82) is 0 Å². The molecule has 1 atom stereocenters. The molecule has 2 N–H and O–H groups in total. The molecule has 4 aromatic rings. The number of nitrogens with zero attached hydrogens (tertiary/aromatic N) is 1. The number of oxazole rings is 1. The van der Waals surface area contributed by atoms with Crippen LogP contribution in [0.25, 0.3) is 17.2 Å². The summed E-state index contributed by atoms with van der Waals surface area (Å²) in [7, 11) is 0. The van der Waals surface area contributed by atoms with Gasteiger partial charge in [-0.3, -0.25) is 9.59 Å². The smallest absolute Gasteiger partial charge is 0.315 e. The number of aliphatic carboxylic acids is 1. The maximum absolute atomic E-state index is 14.7. The van der Waals surface area contributed by atoms with E-state index in [0.717, 1.165) is 6.07 Å². The topological polar surface area (TPSA) is 92.4 Å². The van der Waals surface area contributed by atoms with Crippen LogP contribution in [0.2, 0.25) is 10.0 Å². The molecule has 0 saturated carbocycles. The lowest BCUT2D eigenvalue weighted by atomic mass is 9.91. The molecule has 9 heteroatoms. The van der Waals surface area contributed by atoms with E-state index in [9.17, 15) is 19.1 Å². The molecule has 0 aliphatic carbocycles. The molecule has 1 unspecified atom stereocenters. The van der Waals surface area contributed by atoms with Gasteiger partial charge in [-0.1, -0.05) is 41.4 Å². The number of benzene rings is 3. The molecule has 0 bridgehead atoms. The van der Waals surface area contributed by atoms with Crippen molar-refractivity contribution in [3.8, 4) is 0 Å². The van der Waals surface area contributed by atoms with Crippen molar-refractivity contribution in [1.82, 2.24) is 4.98 Å². The second kappa shape index (κ2) is 9.44. The first-order valence-electron chi connectivity index (χ1n) is 9.61. The summed E-state index contributed by atoms with van der Waals surface area (Å²) in [5.41, 5.74) is 2.21. The number of nitrogens with one attached hydrogen (secondary N) is 1. The fraction of sp³-hybridized carbons (Fsp3) is 0.0417. The average molecular weight is 485 g/mol. The lowest BCUT2D eigenvalue weighted by Crippen LogP contribution is -2.14. The minimum absolute atomic E-state index is 0.0846. The molecule has 0 aliphatic rings. The number of anilines is 1. The Labute approximate surface area is 197 Å². The minimum Gasteiger partial charge on any atom is -0.481 e. The number of aromatic nitrogens is 1. The number of carbonyl (C=O) groups is 2. The van der Waals surface area contributed by atoms with Crippen molar-refractivity contribution >= 4 is 57.9 Å². The first-order valence-corrected chi connectivity index (χ1v) is 10.4. The van der Waals surface area contributed by atoms with Crippen LogP contribution in [0, 0.1) is 5.82 Å². The molecule has 0 aliphatic heterocycles. The van der Waals surface area contributed by atoms with E-state index in [1.54, 1.807) is 36.4 Å². The third kappa shape index (κ3) is 5.05. The Hall–Kier alpha value is -3.68. The van der Waals surface area contributed by atoms with Gasteiger partial charge in [0.05, 0.1) is 15.7 Å². The predicted molar refractivity (Wildman–Crippen MR) is 124 cm³/mol. The lowest BCUT2D eigenvalue weighted by Gasteiger charge is -2.14. The Morgan fingerprint density at radius 1 is 1.03 bits per heavy atom. The van der Waals surface area contributed by atoms with Crippen molar-refractivity contribution in [3.05, 3.63) is 99.6 Å². The highest BCUT2D eigenvalue weighted by Crippen LogP contribution is 2.30. The fourth-order valence-electron chi connectivity index (χ4n) is 3.31. The minimum atomic E-state index is -1.15. The zero-order valence-corrected chi connectivity index (χ0v) is 18.3. The van der Waals surface area contributed by atoms with E-state index in [1.165, 1.54) is 30.7 Å². The number of hydrogen-bond donors (Lipinski definition) is 2. The predicted octanol–water partition coefficient (Wildman–Crippen LogP) is 6.14.